The fourth-order valence-electron chi connectivity index (χ4n) is 3.23. The molecule has 0 rings (SSSR count). The van der Waals surface area contributed by atoms with E-state index in [9.17, 15) is 8.42 Å². The topological polar surface area (TPSA) is 52.6 Å². The van der Waals surface area contributed by atoms with E-state index in [4.69, 9.17) is 4.18 Å². The molecule has 26 heavy (non-hydrogen) atoms. The average molecular weight is 393 g/mol. The molecule has 0 bridgehead atoms. The minimum Gasteiger partial charge on any atom is -0.248 e. The van der Waals surface area contributed by atoms with Crippen LogP contribution in [0.3, 0.4) is 0 Å². The van der Waals surface area contributed by atoms with Crippen molar-refractivity contribution < 1.29 is 16.8 Å². The molecule has 0 N–H and O–H groups in total. The standard InChI is InChI=1S/C21H44O4S/c1-5-7-8-9-10-11-12-13-14-15-16-17-18-19-20-21(3,4)25-26(22,23)24-6-2/h5-20H2,1-4H3. The van der Waals surface area contributed by atoms with Gasteiger partial charge in [-0.25, -0.2) is 8.37 Å². The zero-order valence-electron chi connectivity index (χ0n) is 17.9. The summed E-state index contributed by atoms with van der Waals surface area (Å²) >= 11 is 0. The fraction of sp³-hybridized carbons (Fsp3) is 1.00. The molecule has 0 aliphatic carbocycles. The Morgan fingerprint density at radius 3 is 1.42 bits per heavy atom. The van der Waals surface area contributed by atoms with Crippen LogP contribution in [0, 0.1) is 0 Å². The number of hydrogen-bond acceptors (Lipinski definition) is 4. The summed E-state index contributed by atoms with van der Waals surface area (Å²) in [5.41, 5.74) is -0.689. The van der Waals surface area contributed by atoms with Crippen molar-refractivity contribution in [1.82, 2.24) is 0 Å². The van der Waals surface area contributed by atoms with E-state index in [1.54, 1.807) is 6.92 Å². The van der Waals surface area contributed by atoms with Gasteiger partial charge in [-0.15, -0.1) is 0 Å². The van der Waals surface area contributed by atoms with Gasteiger partial charge >= 0.3 is 10.4 Å². The van der Waals surface area contributed by atoms with Crippen LogP contribution in [0.4, 0.5) is 0 Å². The van der Waals surface area contributed by atoms with Gasteiger partial charge in [0.2, 0.25) is 0 Å². The number of unbranched alkanes of at least 4 members (excludes halogenated alkanes) is 13. The Labute approximate surface area is 163 Å². The van der Waals surface area contributed by atoms with Crippen molar-refractivity contribution in [2.45, 2.75) is 130 Å². The number of rotatable bonds is 19. The van der Waals surface area contributed by atoms with E-state index in [-0.39, 0.29) is 6.61 Å². The van der Waals surface area contributed by atoms with Crippen LogP contribution < -0.4 is 0 Å². The Balaban J connectivity index is 3.45. The molecule has 0 aliphatic heterocycles. The van der Waals surface area contributed by atoms with Crippen molar-refractivity contribution in [1.29, 1.82) is 0 Å². The minimum absolute atomic E-state index is 0.108. The van der Waals surface area contributed by atoms with E-state index in [2.05, 4.69) is 11.1 Å². The molecule has 0 radical (unpaired) electrons. The Kier molecular flexibility index (Phi) is 15.8. The largest absolute Gasteiger partial charge is 0.400 e. The second kappa shape index (κ2) is 15.9. The van der Waals surface area contributed by atoms with Crippen LogP contribution in [0.5, 0.6) is 0 Å². The third-order valence-electron chi connectivity index (χ3n) is 4.72. The molecule has 0 saturated carbocycles. The first-order valence-corrected chi connectivity index (χ1v) is 12.3. The van der Waals surface area contributed by atoms with Gasteiger partial charge in [-0.1, -0.05) is 96.8 Å². The first-order chi connectivity index (χ1) is 12.3. The minimum atomic E-state index is -3.86. The van der Waals surface area contributed by atoms with Crippen LogP contribution in [0.25, 0.3) is 0 Å². The molecule has 0 heterocycles. The molecule has 0 unspecified atom stereocenters. The van der Waals surface area contributed by atoms with E-state index in [1.165, 1.54) is 77.0 Å². The van der Waals surface area contributed by atoms with Crippen LogP contribution in [0.15, 0.2) is 0 Å². The SMILES string of the molecule is CCCCCCCCCCCCCCCCC(C)(C)OS(=O)(=O)OCC. The van der Waals surface area contributed by atoms with Crippen LogP contribution in [0.2, 0.25) is 0 Å². The van der Waals surface area contributed by atoms with Crippen molar-refractivity contribution in [3.63, 3.8) is 0 Å². The lowest BCUT2D eigenvalue weighted by Gasteiger charge is -2.23. The maximum absolute atomic E-state index is 11.5. The summed E-state index contributed by atoms with van der Waals surface area (Å²) in [6.45, 7) is 7.64. The smallest absolute Gasteiger partial charge is 0.248 e. The Morgan fingerprint density at radius 2 is 1.04 bits per heavy atom. The summed E-state index contributed by atoms with van der Waals surface area (Å²) < 4.78 is 32.9. The normalized spacial score (nSPS) is 12.6. The molecule has 0 aromatic rings. The van der Waals surface area contributed by atoms with Crippen molar-refractivity contribution in [3.8, 4) is 0 Å². The Morgan fingerprint density at radius 1 is 0.654 bits per heavy atom. The summed E-state index contributed by atoms with van der Waals surface area (Å²) in [5.74, 6) is 0. The molecule has 158 valence electrons. The van der Waals surface area contributed by atoms with Gasteiger partial charge in [0, 0.05) is 0 Å². The van der Waals surface area contributed by atoms with Gasteiger partial charge in [-0.05, 0) is 27.2 Å². The molecule has 0 aliphatic rings. The Hall–Kier alpha value is -0.130. The highest BCUT2D eigenvalue weighted by Gasteiger charge is 2.26. The lowest BCUT2D eigenvalue weighted by atomic mass is 9.99. The van der Waals surface area contributed by atoms with Gasteiger partial charge in [0.05, 0.1) is 12.2 Å². The van der Waals surface area contributed by atoms with Crippen LogP contribution in [0.1, 0.15) is 124 Å². The van der Waals surface area contributed by atoms with E-state index < -0.39 is 16.0 Å². The first-order valence-electron chi connectivity index (χ1n) is 10.9. The van der Waals surface area contributed by atoms with Crippen molar-refractivity contribution in [2.24, 2.45) is 0 Å². The molecule has 0 amide bonds. The monoisotopic (exact) mass is 392 g/mol. The molecule has 0 spiro atoms. The predicted octanol–water partition coefficient (Wildman–Crippen LogP) is 6.93. The quantitative estimate of drug-likeness (QED) is 0.223. The summed E-state index contributed by atoms with van der Waals surface area (Å²) in [6, 6.07) is 0. The average Bonchev–Trinajstić information content (AvgIpc) is 2.54. The zero-order chi connectivity index (χ0) is 19.7. The molecular formula is C21H44O4S. The van der Waals surface area contributed by atoms with E-state index in [0.29, 0.717) is 0 Å². The van der Waals surface area contributed by atoms with Gasteiger partial charge in [-0.3, -0.25) is 0 Å². The van der Waals surface area contributed by atoms with Crippen LogP contribution >= 0.6 is 0 Å². The second-order valence-corrected chi connectivity index (χ2v) is 9.22. The van der Waals surface area contributed by atoms with Gasteiger partial charge < -0.3 is 0 Å². The highest BCUT2D eigenvalue weighted by atomic mass is 32.3. The summed E-state index contributed by atoms with van der Waals surface area (Å²) in [4.78, 5) is 0. The van der Waals surface area contributed by atoms with Crippen molar-refractivity contribution >= 4 is 10.4 Å². The molecular weight excluding hydrogens is 348 g/mol. The molecule has 5 heteroatoms. The van der Waals surface area contributed by atoms with Crippen molar-refractivity contribution in [3.05, 3.63) is 0 Å². The fourth-order valence-corrected chi connectivity index (χ4v) is 4.20. The van der Waals surface area contributed by atoms with Crippen molar-refractivity contribution in [2.75, 3.05) is 6.61 Å². The molecule has 0 aromatic heterocycles. The van der Waals surface area contributed by atoms with E-state index in [1.807, 2.05) is 13.8 Å². The van der Waals surface area contributed by atoms with Gasteiger partial charge in [0.25, 0.3) is 0 Å². The third kappa shape index (κ3) is 17.3. The van der Waals surface area contributed by atoms with Crippen LogP contribution in [-0.2, 0) is 18.8 Å². The Bertz CT molecular complexity index is 404. The maximum Gasteiger partial charge on any atom is 0.400 e. The van der Waals surface area contributed by atoms with E-state index in [0.717, 1.165) is 19.3 Å². The highest BCUT2D eigenvalue weighted by molar-refractivity contribution is 7.81. The molecule has 0 atom stereocenters. The molecule has 0 fully saturated rings. The molecule has 0 aromatic carbocycles. The summed E-state index contributed by atoms with van der Waals surface area (Å²) in [5, 5.41) is 0. The second-order valence-electron chi connectivity index (χ2n) is 8.00. The molecule has 0 saturated heterocycles. The summed E-state index contributed by atoms with van der Waals surface area (Å²) in [7, 11) is -3.86. The van der Waals surface area contributed by atoms with Gasteiger partial charge in [-0.2, -0.15) is 8.42 Å². The van der Waals surface area contributed by atoms with Crippen LogP contribution in [-0.4, -0.2) is 20.6 Å². The van der Waals surface area contributed by atoms with Gasteiger partial charge in [0.15, 0.2) is 0 Å². The number of hydrogen-bond donors (Lipinski definition) is 0. The van der Waals surface area contributed by atoms with Gasteiger partial charge in [0.1, 0.15) is 0 Å². The zero-order valence-corrected chi connectivity index (χ0v) is 18.7. The highest BCUT2D eigenvalue weighted by Crippen LogP contribution is 2.22. The predicted molar refractivity (Wildman–Crippen MR) is 111 cm³/mol. The van der Waals surface area contributed by atoms with E-state index >= 15 is 0 Å². The summed E-state index contributed by atoms with van der Waals surface area (Å²) in [6.07, 6.45) is 19.2. The lowest BCUT2D eigenvalue weighted by molar-refractivity contribution is 0.0775. The third-order valence-corrected chi connectivity index (χ3v) is 5.90. The molecule has 4 nitrogen and oxygen atoms in total. The first kappa shape index (κ1) is 25.9. The maximum atomic E-state index is 11.5. The lowest BCUT2D eigenvalue weighted by Crippen LogP contribution is -2.29.